The zero-order valence-electron chi connectivity index (χ0n) is 2.25. The molecular weight excluding hydrogens is 139 g/mol. The van der Waals surface area contributed by atoms with Crippen molar-refractivity contribution in [2.24, 2.45) is 0 Å². The fraction of sp³-hybridized carbons (Fsp3) is 0. The van der Waals surface area contributed by atoms with Crippen LogP contribution < -0.4 is 0 Å². The molecule has 0 fully saturated rings. The van der Waals surface area contributed by atoms with E-state index in [-0.39, 0.29) is 19.5 Å². The number of hydrogen-bond acceptors (Lipinski definition) is 0. The van der Waals surface area contributed by atoms with Crippen molar-refractivity contribution >= 4 is 0 Å². The summed E-state index contributed by atoms with van der Waals surface area (Å²) in [7, 11) is 0. The molecule has 0 aromatic carbocycles. The van der Waals surface area contributed by atoms with E-state index < -0.39 is 0 Å². The van der Waals surface area contributed by atoms with Gasteiger partial charge in [0.1, 0.15) is 0 Å². The smallest absolute Gasteiger partial charge is 0 e. The third-order valence-corrected chi connectivity index (χ3v) is 0. The van der Waals surface area contributed by atoms with E-state index in [1.54, 1.807) is 0 Å². The van der Waals surface area contributed by atoms with Crippen LogP contribution in [0, 0.1) is 0 Å². The van der Waals surface area contributed by atoms with Gasteiger partial charge in [-0.1, -0.05) is 13.2 Å². The molecule has 0 nitrogen and oxygen atoms in total. The monoisotopic (exact) mass is 143 g/mol. The van der Waals surface area contributed by atoms with E-state index in [9.17, 15) is 0 Å². The van der Waals surface area contributed by atoms with Crippen molar-refractivity contribution in [3.05, 3.63) is 18.9 Å². The second-order valence-corrected chi connectivity index (χ2v) is 0.250. The summed E-state index contributed by atoms with van der Waals surface area (Å²) in [5.74, 6) is 0. The minimum absolute atomic E-state index is 0. The summed E-state index contributed by atoms with van der Waals surface area (Å²) in [5.41, 5.74) is 2.25. The molecule has 0 aliphatic carbocycles. The topological polar surface area (TPSA) is 0 Å². The van der Waals surface area contributed by atoms with Crippen molar-refractivity contribution in [2.45, 2.75) is 0 Å². The van der Waals surface area contributed by atoms with Crippen LogP contribution in [-0.2, 0) is 19.5 Å². The van der Waals surface area contributed by atoms with Crippen LogP contribution in [0.4, 0.5) is 0 Å². The van der Waals surface area contributed by atoms with E-state index in [4.69, 9.17) is 0 Å². The van der Waals surface area contributed by atoms with E-state index in [0.29, 0.717) is 0 Å². The van der Waals surface area contributed by atoms with Crippen LogP contribution in [0.5, 0.6) is 0 Å². The molecule has 0 N–H and O–H groups in total. The van der Waals surface area contributed by atoms with Gasteiger partial charge in [-0.25, -0.2) is 0 Å². The molecule has 0 aliphatic rings. The normalized spacial score (nSPS) is 2.00. The second-order valence-electron chi connectivity index (χ2n) is 0.250. The Morgan fingerprint density at radius 2 is 1.25 bits per heavy atom. The molecule has 0 saturated carbocycles. The van der Waals surface area contributed by atoms with Gasteiger partial charge in [-0.15, -0.1) is 5.73 Å². The van der Waals surface area contributed by atoms with E-state index in [1.165, 1.54) is 0 Å². The van der Waals surface area contributed by atoms with Gasteiger partial charge in [0.2, 0.25) is 0 Å². The van der Waals surface area contributed by atoms with Crippen LogP contribution in [-0.4, -0.2) is 0 Å². The molecule has 0 spiro atoms. The van der Waals surface area contributed by atoms with Gasteiger partial charge in [0, 0.05) is 19.5 Å². The van der Waals surface area contributed by atoms with Crippen LogP contribution in [0.3, 0.4) is 0 Å². The zero-order chi connectivity index (χ0) is 2.71. The van der Waals surface area contributed by atoms with E-state index in [2.05, 4.69) is 18.9 Å². The van der Waals surface area contributed by atoms with E-state index >= 15 is 0 Å². The molecule has 0 aliphatic heterocycles. The van der Waals surface area contributed by atoms with Gasteiger partial charge in [0.15, 0.2) is 0 Å². The van der Waals surface area contributed by atoms with Gasteiger partial charge in [0.25, 0.3) is 0 Å². The standard InChI is InChI=1S/C3H4.Rh/c1-3-2;/h1-2H2;. The maximum Gasteiger partial charge on any atom is 0 e. The Kier molecular flexibility index (Phi) is 24.6. The summed E-state index contributed by atoms with van der Waals surface area (Å²) in [5, 5.41) is 0. The average Bonchev–Trinajstić information content (AvgIpc) is 0.918. The first-order valence-corrected chi connectivity index (χ1v) is 0.707. The van der Waals surface area contributed by atoms with Crippen molar-refractivity contribution in [1.82, 2.24) is 0 Å². The molecule has 0 unspecified atom stereocenters. The molecule has 0 amide bonds. The van der Waals surface area contributed by atoms with Gasteiger partial charge >= 0.3 is 0 Å². The molecule has 0 aromatic heterocycles. The van der Waals surface area contributed by atoms with Crippen LogP contribution in [0.25, 0.3) is 0 Å². The van der Waals surface area contributed by atoms with Crippen LogP contribution in [0.15, 0.2) is 18.9 Å². The van der Waals surface area contributed by atoms with Gasteiger partial charge in [-0.3, -0.25) is 0 Å². The molecule has 0 saturated heterocycles. The predicted octanol–water partition coefficient (Wildman–Crippen LogP) is 0.955. The van der Waals surface area contributed by atoms with Gasteiger partial charge in [0.05, 0.1) is 0 Å². The molecule has 0 atom stereocenters. The van der Waals surface area contributed by atoms with Gasteiger partial charge in [-0.2, -0.15) is 0 Å². The molecule has 25 valence electrons. The zero-order valence-corrected chi connectivity index (χ0v) is 3.89. The minimum atomic E-state index is 0. The first kappa shape index (κ1) is 8.91. The second kappa shape index (κ2) is 11.0. The molecule has 0 aromatic rings. The number of hydrogen-bond donors (Lipinski definition) is 0. The predicted molar refractivity (Wildman–Crippen MR) is 14.8 cm³/mol. The Morgan fingerprint density at radius 1 is 1.25 bits per heavy atom. The first-order valence-electron chi connectivity index (χ1n) is 0.707. The third kappa shape index (κ3) is 136. The quantitative estimate of drug-likeness (QED) is 0.350. The van der Waals surface area contributed by atoms with Crippen LogP contribution in [0.1, 0.15) is 0 Å². The first-order chi connectivity index (χ1) is 1.41. The maximum absolute atomic E-state index is 3.12. The third-order valence-electron chi connectivity index (χ3n) is 0. The summed E-state index contributed by atoms with van der Waals surface area (Å²) in [6.45, 7) is 6.25. The van der Waals surface area contributed by atoms with Gasteiger partial charge < -0.3 is 0 Å². The molecule has 4 heavy (non-hydrogen) atoms. The van der Waals surface area contributed by atoms with Crippen molar-refractivity contribution in [3.63, 3.8) is 0 Å². The molecule has 0 rings (SSSR count). The van der Waals surface area contributed by atoms with Gasteiger partial charge in [-0.05, 0) is 0 Å². The Balaban J connectivity index is 0. The Bertz CT molecular complexity index is 24.3. The van der Waals surface area contributed by atoms with Crippen molar-refractivity contribution in [3.8, 4) is 0 Å². The maximum atomic E-state index is 3.12. The Hall–Kier alpha value is 0.143. The summed E-state index contributed by atoms with van der Waals surface area (Å²) < 4.78 is 0. The Morgan fingerprint density at radius 3 is 1.25 bits per heavy atom. The van der Waals surface area contributed by atoms with E-state index in [1.807, 2.05) is 0 Å². The minimum Gasteiger partial charge on any atom is -0.137 e. The average molecular weight is 143 g/mol. The fourth-order valence-electron chi connectivity index (χ4n) is 0. The summed E-state index contributed by atoms with van der Waals surface area (Å²) >= 11 is 0. The molecule has 0 bridgehead atoms. The van der Waals surface area contributed by atoms with Crippen LogP contribution >= 0.6 is 0 Å². The summed E-state index contributed by atoms with van der Waals surface area (Å²) in [6, 6.07) is 0. The summed E-state index contributed by atoms with van der Waals surface area (Å²) in [4.78, 5) is 0. The summed E-state index contributed by atoms with van der Waals surface area (Å²) in [6.07, 6.45) is 0. The largest absolute Gasteiger partial charge is 0.137 e. The molecular formula is C3H4Rh. The molecule has 1 heteroatoms. The van der Waals surface area contributed by atoms with E-state index in [0.717, 1.165) is 0 Å². The van der Waals surface area contributed by atoms with Crippen molar-refractivity contribution in [1.29, 1.82) is 0 Å². The van der Waals surface area contributed by atoms with Crippen molar-refractivity contribution < 1.29 is 19.5 Å². The fourth-order valence-corrected chi connectivity index (χ4v) is 0. The van der Waals surface area contributed by atoms with Crippen molar-refractivity contribution in [2.75, 3.05) is 0 Å². The Labute approximate surface area is 39.0 Å². The molecule has 0 heterocycles. The van der Waals surface area contributed by atoms with Crippen LogP contribution in [0.2, 0.25) is 0 Å². The SMILES string of the molecule is C=C=C.[Rh]. The molecule has 1 radical (unpaired) electrons. The number of rotatable bonds is 0.